The maximum Gasteiger partial charge on any atom is 0.112 e. The zero-order valence-electron chi connectivity index (χ0n) is 2.74. The van der Waals surface area contributed by atoms with Crippen LogP contribution < -0.4 is 0 Å². The van der Waals surface area contributed by atoms with Crippen molar-refractivity contribution in [2.24, 2.45) is 14.8 Å². The van der Waals surface area contributed by atoms with Gasteiger partial charge in [0.05, 0.1) is 9.64 Å². The average molecular weight is 119 g/mol. The molecule has 0 amide bonds. The molecule has 1 heterocycles. The highest BCUT2D eigenvalue weighted by Gasteiger charge is 1.86. The lowest BCUT2D eigenvalue weighted by molar-refractivity contribution is 1.14. The van der Waals surface area contributed by atoms with Crippen LogP contribution in [0.5, 0.6) is 0 Å². The molecule has 0 aromatic carbocycles. The van der Waals surface area contributed by atoms with E-state index in [1.165, 1.54) is 5.55 Å². The van der Waals surface area contributed by atoms with Crippen molar-refractivity contribution in [2.75, 3.05) is 0 Å². The molecule has 0 fully saturated rings. The molecule has 1 aliphatic heterocycles. The zero-order chi connectivity index (χ0) is 4.41. The van der Waals surface area contributed by atoms with E-state index < -0.39 is 9.64 Å². The fourth-order valence-corrected chi connectivity index (χ4v) is 0.624. The minimum atomic E-state index is -0.423. The SMILES string of the molecule is S=S1C=NN=N1. The summed E-state index contributed by atoms with van der Waals surface area (Å²) in [6.45, 7) is 0. The van der Waals surface area contributed by atoms with Crippen LogP contribution in [0.1, 0.15) is 0 Å². The lowest BCUT2D eigenvalue weighted by Crippen LogP contribution is -1.70. The summed E-state index contributed by atoms with van der Waals surface area (Å²) in [5.74, 6) is 0. The van der Waals surface area contributed by atoms with Crippen LogP contribution in [0.15, 0.2) is 14.8 Å². The summed E-state index contributed by atoms with van der Waals surface area (Å²) in [6, 6.07) is 0. The quantitative estimate of drug-likeness (QED) is 0.454. The van der Waals surface area contributed by atoms with Gasteiger partial charge in [-0.1, -0.05) is 4.52 Å². The van der Waals surface area contributed by atoms with E-state index in [1.807, 2.05) is 0 Å². The number of nitrogens with zero attached hydrogens (tertiary/aromatic N) is 3. The Bertz CT molecular complexity index is 111. The molecule has 0 saturated heterocycles. The molecule has 0 aromatic heterocycles. The van der Waals surface area contributed by atoms with Gasteiger partial charge in [0.15, 0.2) is 0 Å². The van der Waals surface area contributed by atoms with Crippen molar-refractivity contribution in [1.29, 1.82) is 0 Å². The second kappa shape index (κ2) is 1.53. The van der Waals surface area contributed by atoms with Gasteiger partial charge in [-0.2, -0.15) is 0 Å². The van der Waals surface area contributed by atoms with E-state index in [0.29, 0.717) is 0 Å². The first-order chi connectivity index (χ1) is 2.89. The summed E-state index contributed by atoms with van der Waals surface area (Å²) in [5, 5.41) is 6.67. The van der Waals surface area contributed by atoms with Crippen LogP contribution in [0.2, 0.25) is 0 Å². The fraction of sp³-hybridized carbons (Fsp3) is 0. The van der Waals surface area contributed by atoms with Gasteiger partial charge in [-0.3, -0.25) is 0 Å². The van der Waals surface area contributed by atoms with E-state index in [1.54, 1.807) is 0 Å². The summed E-state index contributed by atoms with van der Waals surface area (Å²) >= 11 is 4.62. The minimum absolute atomic E-state index is 0.423. The van der Waals surface area contributed by atoms with E-state index in [0.717, 1.165) is 0 Å². The molecule has 5 heteroatoms. The Hall–Kier alpha value is -0.160. The smallest absolute Gasteiger partial charge is 0.112 e. The van der Waals surface area contributed by atoms with Crippen molar-refractivity contribution in [3.05, 3.63) is 0 Å². The van der Waals surface area contributed by atoms with E-state index in [2.05, 4.69) is 26.0 Å². The summed E-state index contributed by atoms with van der Waals surface area (Å²) in [5.41, 5.74) is 1.54. The summed E-state index contributed by atoms with van der Waals surface area (Å²) in [6.07, 6.45) is 0. The molecule has 0 N–H and O–H groups in total. The second-order valence-electron chi connectivity index (χ2n) is 0.668. The van der Waals surface area contributed by atoms with Crippen LogP contribution in [0.3, 0.4) is 0 Å². The Balaban J connectivity index is 2.86. The van der Waals surface area contributed by atoms with Crippen molar-refractivity contribution in [3.63, 3.8) is 0 Å². The van der Waals surface area contributed by atoms with Gasteiger partial charge < -0.3 is 0 Å². The van der Waals surface area contributed by atoms with Crippen LogP contribution in [0.25, 0.3) is 0 Å². The molecule has 0 aromatic rings. The lowest BCUT2D eigenvalue weighted by Gasteiger charge is -1.63. The monoisotopic (exact) mass is 119 g/mol. The minimum Gasteiger partial charge on any atom is -0.129 e. The normalized spacial score (nSPS) is 29.0. The van der Waals surface area contributed by atoms with Gasteiger partial charge in [0, 0.05) is 0 Å². The topological polar surface area (TPSA) is 37.1 Å². The van der Waals surface area contributed by atoms with E-state index >= 15 is 0 Å². The van der Waals surface area contributed by atoms with Crippen LogP contribution in [0.4, 0.5) is 0 Å². The molecule has 0 aliphatic carbocycles. The molecular weight excluding hydrogens is 118 g/mol. The van der Waals surface area contributed by atoms with Crippen LogP contribution in [-0.2, 0) is 20.8 Å². The highest BCUT2D eigenvalue weighted by Crippen LogP contribution is 1.90. The van der Waals surface area contributed by atoms with Gasteiger partial charge in [-0.05, 0) is 16.4 Å². The van der Waals surface area contributed by atoms with Gasteiger partial charge in [0.2, 0.25) is 0 Å². The third kappa shape index (κ3) is 0.662. The third-order valence-electron chi connectivity index (χ3n) is 0.306. The van der Waals surface area contributed by atoms with Crippen molar-refractivity contribution >= 4 is 26.4 Å². The first-order valence-electron chi connectivity index (χ1n) is 1.24. The van der Waals surface area contributed by atoms with Crippen LogP contribution in [-0.4, -0.2) is 5.55 Å². The largest absolute Gasteiger partial charge is 0.129 e. The molecule has 1 aliphatic rings. The van der Waals surface area contributed by atoms with Gasteiger partial charge in [-0.25, -0.2) is 0 Å². The first kappa shape index (κ1) is 4.01. The zero-order valence-corrected chi connectivity index (χ0v) is 4.37. The highest BCUT2D eigenvalue weighted by molar-refractivity contribution is 8.35. The summed E-state index contributed by atoms with van der Waals surface area (Å²) < 4.78 is 3.48. The van der Waals surface area contributed by atoms with Gasteiger partial charge in [0.1, 0.15) is 5.55 Å². The molecule has 3 nitrogen and oxygen atoms in total. The maximum atomic E-state index is 4.62. The first-order valence-corrected chi connectivity index (χ1v) is 3.41. The lowest BCUT2D eigenvalue weighted by atomic mass is 11.7. The molecule has 0 spiro atoms. The average Bonchev–Trinajstić information content (AvgIpc) is 1.86. The Morgan fingerprint density at radius 2 is 2.50 bits per heavy atom. The molecule has 1 unspecified atom stereocenters. The molecule has 6 heavy (non-hydrogen) atoms. The Kier molecular flexibility index (Phi) is 1.02. The molecule has 0 saturated carbocycles. The van der Waals surface area contributed by atoms with E-state index in [-0.39, 0.29) is 0 Å². The predicted molar refractivity (Wildman–Crippen MR) is 28.1 cm³/mol. The van der Waals surface area contributed by atoms with Crippen molar-refractivity contribution in [1.82, 2.24) is 0 Å². The van der Waals surface area contributed by atoms with Gasteiger partial charge in [-0.15, -0.1) is 5.10 Å². The summed E-state index contributed by atoms with van der Waals surface area (Å²) in [4.78, 5) is 0. The van der Waals surface area contributed by atoms with Crippen molar-refractivity contribution in [2.45, 2.75) is 0 Å². The third-order valence-corrected chi connectivity index (χ3v) is 1.27. The molecule has 1 atom stereocenters. The molecule has 32 valence electrons. The molecule has 0 bridgehead atoms. The number of rotatable bonds is 0. The van der Waals surface area contributed by atoms with Gasteiger partial charge in [0.25, 0.3) is 0 Å². The Labute approximate surface area is 41.9 Å². The molecule has 1 rings (SSSR count). The van der Waals surface area contributed by atoms with Crippen molar-refractivity contribution < 1.29 is 0 Å². The van der Waals surface area contributed by atoms with E-state index in [4.69, 9.17) is 0 Å². The number of hydrogen-bond donors (Lipinski definition) is 0. The summed E-state index contributed by atoms with van der Waals surface area (Å²) in [7, 11) is -0.423. The Morgan fingerprint density at radius 3 is 2.67 bits per heavy atom. The maximum absolute atomic E-state index is 4.62. The second-order valence-corrected chi connectivity index (χ2v) is 2.62. The van der Waals surface area contributed by atoms with Crippen LogP contribution in [0, 0.1) is 0 Å². The highest BCUT2D eigenvalue weighted by atomic mass is 32.8. The van der Waals surface area contributed by atoms with Crippen molar-refractivity contribution in [3.8, 4) is 0 Å². The molecule has 0 radical (unpaired) electrons. The van der Waals surface area contributed by atoms with Gasteiger partial charge >= 0.3 is 0 Å². The Morgan fingerprint density at radius 1 is 1.67 bits per heavy atom. The van der Waals surface area contributed by atoms with E-state index in [9.17, 15) is 0 Å². The predicted octanol–water partition coefficient (Wildman–Crippen LogP) is 0.391. The fourth-order valence-electron chi connectivity index (χ4n) is 0.140. The molecular formula is CHN3S2. The van der Waals surface area contributed by atoms with Crippen LogP contribution >= 0.6 is 0 Å². The standard InChI is InChI=1S/CHN3S2/c5-6-1-2-3-4-6/h1H. The number of hydrogen-bond acceptors (Lipinski definition) is 3.